The van der Waals surface area contributed by atoms with Gasteiger partial charge in [0.1, 0.15) is 5.69 Å². The predicted octanol–water partition coefficient (Wildman–Crippen LogP) is 2.97. The zero-order chi connectivity index (χ0) is 18.0. The Morgan fingerprint density at radius 1 is 1.56 bits per heavy atom. The van der Waals surface area contributed by atoms with Crippen molar-refractivity contribution in [3.05, 3.63) is 33.5 Å². The third kappa shape index (κ3) is 3.77. The molecule has 25 heavy (non-hydrogen) atoms. The first kappa shape index (κ1) is 18.1. The fourth-order valence-corrected chi connectivity index (χ4v) is 4.35. The quantitative estimate of drug-likeness (QED) is 0.889. The van der Waals surface area contributed by atoms with Gasteiger partial charge in [-0.25, -0.2) is 4.98 Å². The van der Waals surface area contributed by atoms with Gasteiger partial charge in [-0.05, 0) is 45.7 Å². The molecule has 1 saturated heterocycles. The standard InChI is InChI=1S/C18H27N5OS/c1-5-16-20-12(2)17(25-16)13(3)22(4)18(24)15-8-10-23(21-15)14-7-6-9-19-11-14/h8,10,13-14,19H,5-7,9,11H2,1-4H3. The topological polar surface area (TPSA) is 63.1 Å². The Morgan fingerprint density at radius 2 is 2.36 bits per heavy atom. The molecule has 1 amide bonds. The number of hydrogen-bond donors (Lipinski definition) is 1. The lowest BCUT2D eigenvalue weighted by Crippen LogP contribution is -2.33. The van der Waals surface area contributed by atoms with E-state index in [0.717, 1.165) is 47.9 Å². The summed E-state index contributed by atoms with van der Waals surface area (Å²) in [5, 5.41) is 9.05. The third-order valence-electron chi connectivity index (χ3n) is 4.93. The van der Waals surface area contributed by atoms with E-state index in [1.165, 1.54) is 0 Å². The van der Waals surface area contributed by atoms with E-state index < -0.39 is 0 Å². The summed E-state index contributed by atoms with van der Waals surface area (Å²) in [4.78, 5) is 20.4. The Hall–Kier alpha value is -1.73. The van der Waals surface area contributed by atoms with E-state index in [9.17, 15) is 4.79 Å². The summed E-state index contributed by atoms with van der Waals surface area (Å²) < 4.78 is 1.94. The molecule has 0 saturated carbocycles. The molecule has 2 aromatic heterocycles. The van der Waals surface area contributed by atoms with Crippen molar-refractivity contribution in [3.8, 4) is 0 Å². The number of carbonyl (C=O) groups is 1. The van der Waals surface area contributed by atoms with Crippen molar-refractivity contribution >= 4 is 17.2 Å². The number of hydrogen-bond acceptors (Lipinski definition) is 5. The van der Waals surface area contributed by atoms with Crippen molar-refractivity contribution < 1.29 is 4.79 Å². The Labute approximate surface area is 153 Å². The summed E-state index contributed by atoms with van der Waals surface area (Å²) in [5.74, 6) is -0.0409. The van der Waals surface area contributed by atoms with Crippen LogP contribution in [-0.4, -0.2) is 45.7 Å². The van der Waals surface area contributed by atoms with Crippen LogP contribution in [0.5, 0.6) is 0 Å². The SMILES string of the molecule is CCc1nc(C)c(C(C)N(C)C(=O)c2ccn(C3CCCNC3)n2)s1. The Morgan fingerprint density at radius 3 is 3.00 bits per heavy atom. The largest absolute Gasteiger partial charge is 0.333 e. The highest BCUT2D eigenvalue weighted by Crippen LogP contribution is 2.29. The van der Waals surface area contributed by atoms with Gasteiger partial charge in [-0.2, -0.15) is 5.10 Å². The molecule has 2 aromatic rings. The number of amides is 1. The molecular weight excluding hydrogens is 334 g/mol. The van der Waals surface area contributed by atoms with Gasteiger partial charge in [0.25, 0.3) is 5.91 Å². The van der Waals surface area contributed by atoms with Crippen LogP contribution in [0.2, 0.25) is 0 Å². The van der Waals surface area contributed by atoms with Crippen molar-refractivity contribution in [2.75, 3.05) is 20.1 Å². The molecule has 0 bridgehead atoms. The van der Waals surface area contributed by atoms with Gasteiger partial charge in [0.2, 0.25) is 0 Å². The van der Waals surface area contributed by atoms with Crippen molar-refractivity contribution in [1.82, 2.24) is 25.0 Å². The highest BCUT2D eigenvalue weighted by atomic mass is 32.1. The van der Waals surface area contributed by atoms with Crippen LogP contribution in [-0.2, 0) is 6.42 Å². The molecule has 0 radical (unpaired) electrons. The van der Waals surface area contributed by atoms with E-state index in [4.69, 9.17) is 0 Å². The first-order chi connectivity index (χ1) is 12.0. The normalized spacial score (nSPS) is 19.0. The smallest absolute Gasteiger partial charge is 0.274 e. The minimum Gasteiger partial charge on any atom is -0.333 e. The van der Waals surface area contributed by atoms with Gasteiger partial charge in [0, 0.05) is 24.7 Å². The van der Waals surface area contributed by atoms with E-state index >= 15 is 0 Å². The van der Waals surface area contributed by atoms with Gasteiger partial charge in [-0.1, -0.05) is 6.92 Å². The number of nitrogens with zero attached hydrogens (tertiary/aromatic N) is 4. The molecule has 0 aliphatic carbocycles. The third-order valence-corrected chi connectivity index (χ3v) is 6.40. The molecule has 1 fully saturated rings. The highest BCUT2D eigenvalue weighted by Gasteiger charge is 2.25. The van der Waals surface area contributed by atoms with Crippen molar-refractivity contribution in [2.24, 2.45) is 0 Å². The minimum atomic E-state index is -0.0409. The van der Waals surface area contributed by atoms with Gasteiger partial charge in [-0.15, -0.1) is 11.3 Å². The van der Waals surface area contributed by atoms with Crippen LogP contribution < -0.4 is 5.32 Å². The molecule has 7 heteroatoms. The summed E-state index contributed by atoms with van der Waals surface area (Å²) in [7, 11) is 1.85. The van der Waals surface area contributed by atoms with Gasteiger partial charge in [-0.3, -0.25) is 9.48 Å². The van der Waals surface area contributed by atoms with Crippen LogP contribution in [0.15, 0.2) is 12.3 Å². The summed E-state index contributed by atoms with van der Waals surface area (Å²) in [6.45, 7) is 8.16. The predicted molar refractivity (Wildman–Crippen MR) is 100 cm³/mol. The van der Waals surface area contributed by atoms with Crippen molar-refractivity contribution in [3.63, 3.8) is 0 Å². The second-order valence-electron chi connectivity index (χ2n) is 6.68. The molecule has 136 valence electrons. The van der Waals surface area contributed by atoms with Crippen LogP contribution in [0.3, 0.4) is 0 Å². The molecule has 1 N–H and O–H groups in total. The van der Waals surface area contributed by atoms with Crippen molar-refractivity contribution in [2.45, 2.75) is 52.1 Å². The Bertz CT molecular complexity index is 732. The van der Waals surface area contributed by atoms with E-state index in [1.54, 1.807) is 16.2 Å². The van der Waals surface area contributed by atoms with E-state index in [2.05, 4.69) is 29.2 Å². The molecule has 0 spiro atoms. The fraction of sp³-hybridized carbons (Fsp3) is 0.611. The zero-order valence-electron chi connectivity index (χ0n) is 15.5. The average molecular weight is 362 g/mol. The summed E-state index contributed by atoms with van der Waals surface area (Å²) in [6.07, 6.45) is 5.11. The van der Waals surface area contributed by atoms with Crippen LogP contribution in [0.25, 0.3) is 0 Å². The lowest BCUT2D eigenvalue weighted by molar-refractivity contribution is 0.0737. The van der Waals surface area contributed by atoms with Crippen LogP contribution >= 0.6 is 11.3 Å². The number of aryl methyl sites for hydroxylation is 2. The average Bonchev–Trinajstić information content (AvgIpc) is 3.27. The van der Waals surface area contributed by atoms with E-state index in [-0.39, 0.29) is 11.9 Å². The van der Waals surface area contributed by atoms with Crippen LogP contribution in [0.4, 0.5) is 0 Å². The maximum Gasteiger partial charge on any atom is 0.274 e. The summed E-state index contributed by atoms with van der Waals surface area (Å²) in [5.41, 5.74) is 1.53. The van der Waals surface area contributed by atoms with Gasteiger partial charge in [0.05, 0.1) is 22.8 Å². The molecule has 6 nitrogen and oxygen atoms in total. The Kier molecular flexibility index (Phi) is 5.54. The number of piperidine rings is 1. The summed E-state index contributed by atoms with van der Waals surface area (Å²) >= 11 is 1.70. The maximum absolute atomic E-state index is 12.9. The molecule has 3 heterocycles. The summed E-state index contributed by atoms with van der Waals surface area (Å²) in [6, 6.07) is 2.16. The lowest BCUT2D eigenvalue weighted by Gasteiger charge is -2.24. The minimum absolute atomic E-state index is 0.00760. The molecule has 2 unspecified atom stereocenters. The second-order valence-corrected chi connectivity index (χ2v) is 7.80. The molecule has 1 aliphatic rings. The lowest BCUT2D eigenvalue weighted by atomic mass is 10.1. The fourth-order valence-electron chi connectivity index (χ4n) is 3.25. The number of rotatable bonds is 5. The second kappa shape index (κ2) is 7.66. The van der Waals surface area contributed by atoms with E-state index in [0.29, 0.717) is 11.7 Å². The monoisotopic (exact) mass is 361 g/mol. The van der Waals surface area contributed by atoms with Crippen molar-refractivity contribution in [1.29, 1.82) is 0 Å². The number of carbonyl (C=O) groups excluding carboxylic acids is 1. The molecule has 1 aliphatic heterocycles. The molecule has 3 rings (SSSR count). The highest BCUT2D eigenvalue weighted by molar-refractivity contribution is 7.11. The van der Waals surface area contributed by atoms with Gasteiger partial charge in [0.15, 0.2) is 0 Å². The first-order valence-electron chi connectivity index (χ1n) is 9.00. The van der Waals surface area contributed by atoms with Gasteiger partial charge >= 0.3 is 0 Å². The molecule has 0 aromatic carbocycles. The zero-order valence-corrected chi connectivity index (χ0v) is 16.3. The van der Waals surface area contributed by atoms with E-state index in [1.807, 2.05) is 30.9 Å². The van der Waals surface area contributed by atoms with Crippen LogP contribution in [0.1, 0.15) is 64.8 Å². The number of thiazole rings is 1. The Balaban J connectivity index is 1.73. The maximum atomic E-state index is 12.9. The number of aromatic nitrogens is 3. The number of nitrogens with one attached hydrogen (secondary N) is 1. The van der Waals surface area contributed by atoms with Gasteiger partial charge < -0.3 is 10.2 Å². The molecule has 2 atom stereocenters. The first-order valence-corrected chi connectivity index (χ1v) is 9.82. The molecular formula is C18H27N5OS. The van der Waals surface area contributed by atoms with Crippen LogP contribution in [0, 0.1) is 6.92 Å².